The predicted molar refractivity (Wildman–Crippen MR) is 85.7 cm³/mol. The van der Waals surface area contributed by atoms with Gasteiger partial charge in [0, 0.05) is 32.3 Å². The van der Waals surface area contributed by atoms with Crippen LogP contribution in [0.5, 0.6) is 0 Å². The summed E-state index contributed by atoms with van der Waals surface area (Å²) in [5, 5.41) is 12.4. The number of aliphatic hydroxyl groups is 1. The largest absolute Gasteiger partial charge is 0.395 e. The molecule has 0 spiro atoms. The van der Waals surface area contributed by atoms with Crippen molar-refractivity contribution in [3.05, 3.63) is 11.9 Å². The van der Waals surface area contributed by atoms with Crippen molar-refractivity contribution in [2.45, 2.75) is 46.3 Å². The molecule has 0 radical (unpaired) electrons. The molecule has 0 saturated carbocycles. The van der Waals surface area contributed by atoms with E-state index in [2.05, 4.69) is 34.0 Å². The molecular formula is C15H28N4O2. The molecule has 0 saturated heterocycles. The molecule has 1 aromatic rings. The molecule has 0 bridgehead atoms. The van der Waals surface area contributed by atoms with Crippen molar-refractivity contribution in [1.29, 1.82) is 0 Å². The van der Waals surface area contributed by atoms with Crippen LogP contribution in [0.2, 0.25) is 0 Å². The monoisotopic (exact) mass is 296 g/mol. The lowest BCUT2D eigenvalue weighted by atomic mass is 10.1. The highest BCUT2D eigenvalue weighted by molar-refractivity contribution is 5.50. The van der Waals surface area contributed by atoms with E-state index in [4.69, 9.17) is 4.74 Å². The van der Waals surface area contributed by atoms with Crippen molar-refractivity contribution in [3.63, 3.8) is 0 Å². The Kier molecular flexibility index (Phi) is 8.00. The fourth-order valence-corrected chi connectivity index (χ4v) is 2.34. The lowest BCUT2D eigenvalue weighted by molar-refractivity contribution is 0.128. The Balaban J connectivity index is 3.09. The summed E-state index contributed by atoms with van der Waals surface area (Å²) in [6.45, 7) is 7.96. The third-order valence-electron chi connectivity index (χ3n) is 3.47. The van der Waals surface area contributed by atoms with Gasteiger partial charge in [-0.1, -0.05) is 13.8 Å². The standard InChI is InChI=1S/C15H28N4O2/c1-5-12(6-2)19(8-9-20)15-10-13(16-4)17-14(18-15)11-21-7-3/h10,12,20H,5-9,11H2,1-4H3,(H,16,17,18). The van der Waals surface area contributed by atoms with E-state index >= 15 is 0 Å². The van der Waals surface area contributed by atoms with Gasteiger partial charge in [0.2, 0.25) is 0 Å². The van der Waals surface area contributed by atoms with E-state index < -0.39 is 0 Å². The molecule has 0 aliphatic heterocycles. The molecule has 1 aromatic heterocycles. The number of aromatic nitrogens is 2. The van der Waals surface area contributed by atoms with Gasteiger partial charge < -0.3 is 20.1 Å². The summed E-state index contributed by atoms with van der Waals surface area (Å²) < 4.78 is 5.41. The molecule has 0 aliphatic rings. The minimum absolute atomic E-state index is 0.107. The Morgan fingerprint density at radius 3 is 2.52 bits per heavy atom. The normalized spacial score (nSPS) is 11.0. The second-order valence-corrected chi connectivity index (χ2v) is 4.80. The average molecular weight is 296 g/mol. The van der Waals surface area contributed by atoms with Crippen molar-refractivity contribution < 1.29 is 9.84 Å². The van der Waals surface area contributed by atoms with Crippen molar-refractivity contribution >= 4 is 11.6 Å². The highest BCUT2D eigenvalue weighted by Crippen LogP contribution is 2.21. The van der Waals surface area contributed by atoms with Crippen LogP contribution in [0.3, 0.4) is 0 Å². The molecule has 0 amide bonds. The van der Waals surface area contributed by atoms with E-state index in [1.165, 1.54) is 0 Å². The van der Waals surface area contributed by atoms with Crippen LogP contribution in [0, 0.1) is 0 Å². The molecule has 120 valence electrons. The number of hydrogen-bond acceptors (Lipinski definition) is 6. The Bertz CT molecular complexity index is 411. The lowest BCUT2D eigenvalue weighted by Gasteiger charge is -2.31. The van der Waals surface area contributed by atoms with Gasteiger partial charge in [0.1, 0.15) is 18.2 Å². The van der Waals surface area contributed by atoms with E-state index in [9.17, 15) is 5.11 Å². The fraction of sp³-hybridized carbons (Fsp3) is 0.733. The zero-order chi connectivity index (χ0) is 15.7. The maximum absolute atomic E-state index is 9.35. The van der Waals surface area contributed by atoms with E-state index in [1.54, 1.807) is 0 Å². The van der Waals surface area contributed by atoms with E-state index in [0.717, 1.165) is 24.5 Å². The maximum atomic E-state index is 9.35. The number of rotatable bonds is 10. The second kappa shape index (κ2) is 9.52. The summed E-state index contributed by atoms with van der Waals surface area (Å²) in [5.41, 5.74) is 0. The van der Waals surface area contributed by atoms with Crippen LogP contribution in [0.4, 0.5) is 11.6 Å². The molecule has 2 N–H and O–H groups in total. The van der Waals surface area contributed by atoms with E-state index in [0.29, 0.717) is 31.6 Å². The summed E-state index contributed by atoms with van der Waals surface area (Å²) in [6, 6.07) is 2.28. The smallest absolute Gasteiger partial charge is 0.158 e. The SMILES string of the molecule is CCOCc1nc(NC)cc(N(CCO)C(CC)CC)n1. The zero-order valence-electron chi connectivity index (χ0n) is 13.6. The minimum atomic E-state index is 0.107. The van der Waals surface area contributed by atoms with Crippen LogP contribution >= 0.6 is 0 Å². The summed E-state index contributed by atoms with van der Waals surface area (Å²) in [6.07, 6.45) is 2.02. The second-order valence-electron chi connectivity index (χ2n) is 4.80. The number of anilines is 2. The van der Waals surface area contributed by atoms with Crippen LogP contribution < -0.4 is 10.2 Å². The van der Waals surface area contributed by atoms with Gasteiger partial charge in [0.25, 0.3) is 0 Å². The molecule has 0 atom stereocenters. The van der Waals surface area contributed by atoms with Gasteiger partial charge in [-0.3, -0.25) is 0 Å². The van der Waals surface area contributed by atoms with Gasteiger partial charge in [-0.2, -0.15) is 0 Å². The summed E-state index contributed by atoms with van der Waals surface area (Å²) >= 11 is 0. The first-order valence-electron chi connectivity index (χ1n) is 7.70. The lowest BCUT2D eigenvalue weighted by Crippen LogP contribution is -2.37. The van der Waals surface area contributed by atoms with Crippen molar-refractivity contribution in [2.24, 2.45) is 0 Å². The topological polar surface area (TPSA) is 70.5 Å². The van der Waals surface area contributed by atoms with Crippen molar-refractivity contribution in [3.8, 4) is 0 Å². The predicted octanol–water partition coefficient (Wildman–Crippen LogP) is 2.04. The highest BCUT2D eigenvalue weighted by Gasteiger charge is 2.18. The van der Waals surface area contributed by atoms with Gasteiger partial charge >= 0.3 is 0 Å². The Morgan fingerprint density at radius 2 is 2.00 bits per heavy atom. The molecule has 0 fully saturated rings. The minimum Gasteiger partial charge on any atom is -0.395 e. The van der Waals surface area contributed by atoms with Crippen LogP contribution in [-0.2, 0) is 11.3 Å². The Labute approximate surface area is 127 Å². The molecule has 1 rings (SSSR count). The van der Waals surface area contributed by atoms with Crippen molar-refractivity contribution in [2.75, 3.05) is 37.0 Å². The zero-order valence-corrected chi connectivity index (χ0v) is 13.6. The summed E-state index contributed by atoms with van der Waals surface area (Å²) in [4.78, 5) is 11.2. The summed E-state index contributed by atoms with van der Waals surface area (Å²) in [5.74, 6) is 2.27. The molecule has 6 heteroatoms. The van der Waals surface area contributed by atoms with Gasteiger partial charge in [-0.05, 0) is 19.8 Å². The third-order valence-corrected chi connectivity index (χ3v) is 3.47. The third kappa shape index (κ3) is 5.13. The van der Waals surface area contributed by atoms with Crippen molar-refractivity contribution in [1.82, 2.24) is 9.97 Å². The number of nitrogens with one attached hydrogen (secondary N) is 1. The van der Waals surface area contributed by atoms with E-state index in [1.807, 2.05) is 20.0 Å². The average Bonchev–Trinajstić information content (AvgIpc) is 2.52. The number of hydrogen-bond donors (Lipinski definition) is 2. The van der Waals surface area contributed by atoms with Crippen LogP contribution in [0.1, 0.15) is 39.4 Å². The molecule has 0 aliphatic carbocycles. The van der Waals surface area contributed by atoms with Gasteiger partial charge in [-0.15, -0.1) is 0 Å². The van der Waals surface area contributed by atoms with Gasteiger partial charge in [0.15, 0.2) is 5.82 Å². The highest BCUT2D eigenvalue weighted by atomic mass is 16.5. The van der Waals surface area contributed by atoms with E-state index in [-0.39, 0.29) is 6.61 Å². The first-order valence-corrected chi connectivity index (χ1v) is 7.70. The van der Waals surface area contributed by atoms with Gasteiger partial charge in [-0.25, -0.2) is 9.97 Å². The maximum Gasteiger partial charge on any atom is 0.158 e. The number of ether oxygens (including phenoxy) is 1. The van der Waals surface area contributed by atoms with Crippen LogP contribution in [0.15, 0.2) is 6.07 Å². The molecular weight excluding hydrogens is 268 g/mol. The molecule has 1 heterocycles. The number of nitrogens with zero attached hydrogens (tertiary/aromatic N) is 3. The first kappa shape index (κ1) is 17.7. The fourth-order valence-electron chi connectivity index (χ4n) is 2.34. The molecule has 21 heavy (non-hydrogen) atoms. The molecule has 0 unspecified atom stereocenters. The van der Waals surface area contributed by atoms with Crippen LogP contribution in [0.25, 0.3) is 0 Å². The Hall–Kier alpha value is -1.40. The first-order chi connectivity index (χ1) is 10.2. The number of aliphatic hydroxyl groups excluding tert-OH is 1. The molecule has 6 nitrogen and oxygen atoms in total. The summed E-state index contributed by atoms with van der Waals surface area (Å²) in [7, 11) is 1.84. The quantitative estimate of drug-likeness (QED) is 0.688. The van der Waals surface area contributed by atoms with Crippen LogP contribution in [-0.4, -0.2) is 47.9 Å². The molecule has 0 aromatic carbocycles. The Morgan fingerprint density at radius 1 is 1.29 bits per heavy atom. The van der Waals surface area contributed by atoms with Gasteiger partial charge in [0.05, 0.1) is 6.61 Å².